The van der Waals surface area contributed by atoms with Crippen LogP contribution < -0.4 is 5.56 Å². The van der Waals surface area contributed by atoms with E-state index in [1.165, 1.54) is 6.07 Å². The fraction of sp³-hybridized carbons (Fsp3) is 0. The van der Waals surface area contributed by atoms with Crippen molar-refractivity contribution >= 4 is 12.2 Å². The molecule has 0 aliphatic carbocycles. The minimum absolute atomic E-state index is 0.188. The predicted molar refractivity (Wildman–Crippen MR) is 60.2 cm³/mol. The Balaban J connectivity index is 2.19. The first kappa shape index (κ1) is 9.40. The van der Waals surface area contributed by atoms with Gasteiger partial charge in [0.25, 0.3) is 5.56 Å². The summed E-state index contributed by atoms with van der Waals surface area (Å²) < 4.78 is 0. The molecular formula is C12H10N2O. The Morgan fingerprint density at radius 3 is 2.47 bits per heavy atom. The molecule has 0 bridgehead atoms. The van der Waals surface area contributed by atoms with Gasteiger partial charge in [-0.3, -0.25) is 4.79 Å². The first-order valence-electron chi connectivity index (χ1n) is 4.63. The maximum absolute atomic E-state index is 10.8. The molecule has 3 nitrogen and oxygen atoms in total. The van der Waals surface area contributed by atoms with Crippen molar-refractivity contribution in [1.82, 2.24) is 10.2 Å². The Hall–Kier alpha value is -2.16. The zero-order valence-corrected chi connectivity index (χ0v) is 8.05. The molecule has 2 aromatic rings. The quantitative estimate of drug-likeness (QED) is 0.801. The summed E-state index contributed by atoms with van der Waals surface area (Å²) in [4.78, 5) is 10.8. The van der Waals surface area contributed by atoms with Crippen molar-refractivity contribution in [1.29, 1.82) is 0 Å². The third kappa shape index (κ3) is 2.64. The van der Waals surface area contributed by atoms with E-state index >= 15 is 0 Å². The van der Waals surface area contributed by atoms with Crippen LogP contribution in [0.25, 0.3) is 12.2 Å². The van der Waals surface area contributed by atoms with Gasteiger partial charge in [-0.1, -0.05) is 36.4 Å². The predicted octanol–water partition coefficient (Wildman–Crippen LogP) is 1.94. The first-order valence-corrected chi connectivity index (χ1v) is 4.63. The van der Waals surface area contributed by atoms with Crippen LogP contribution in [0.2, 0.25) is 0 Å². The minimum Gasteiger partial charge on any atom is -0.268 e. The lowest BCUT2D eigenvalue weighted by Crippen LogP contribution is -2.05. The molecule has 0 aliphatic heterocycles. The molecule has 0 radical (unpaired) electrons. The summed E-state index contributed by atoms with van der Waals surface area (Å²) in [6, 6.07) is 13.1. The van der Waals surface area contributed by atoms with Gasteiger partial charge < -0.3 is 0 Å². The Bertz CT molecular complexity index is 494. The second kappa shape index (κ2) is 4.37. The summed E-state index contributed by atoms with van der Waals surface area (Å²) in [7, 11) is 0. The highest BCUT2D eigenvalue weighted by Crippen LogP contribution is 2.04. The van der Waals surface area contributed by atoms with Crippen LogP contribution >= 0.6 is 0 Å². The highest BCUT2D eigenvalue weighted by molar-refractivity contribution is 5.67. The standard InChI is InChI=1S/C12H10N2O/c15-12-9-8-11(13-14-12)7-6-10-4-2-1-3-5-10/h1-9H,(H,14,15)/b7-6+. The van der Waals surface area contributed by atoms with Gasteiger partial charge in [0.15, 0.2) is 0 Å². The fourth-order valence-electron chi connectivity index (χ4n) is 1.19. The number of H-pyrrole nitrogens is 1. The number of rotatable bonds is 2. The molecule has 1 N–H and O–H groups in total. The lowest BCUT2D eigenvalue weighted by molar-refractivity contribution is 0.977. The van der Waals surface area contributed by atoms with E-state index in [-0.39, 0.29) is 5.56 Å². The van der Waals surface area contributed by atoms with Crippen LogP contribution in [0, 0.1) is 0 Å². The van der Waals surface area contributed by atoms with Crippen LogP contribution in [0.4, 0.5) is 0 Å². The zero-order chi connectivity index (χ0) is 10.5. The number of aromatic amines is 1. The fourth-order valence-corrected chi connectivity index (χ4v) is 1.19. The van der Waals surface area contributed by atoms with Crippen LogP contribution in [-0.2, 0) is 0 Å². The van der Waals surface area contributed by atoms with Gasteiger partial charge in [0.2, 0.25) is 0 Å². The molecule has 1 aromatic carbocycles. The number of nitrogens with one attached hydrogen (secondary N) is 1. The Morgan fingerprint density at radius 1 is 1.00 bits per heavy atom. The minimum atomic E-state index is -0.188. The van der Waals surface area contributed by atoms with Gasteiger partial charge in [-0.05, 0) is 17.7 Å². The molecule has 3 heteroatoms. The molecule has 0 atom stereocenters. The summed E-state index contributed by atoms with van der Waals surface area (Å²) in [5.74, 6) is 0. The van der Waals surface area contributed by atoms with Crippen molar-refractivity contribution in [2.75, 3.05) is 0 Å². The summed E-state index contributed by atoms with van der Waals surface area (Å²) in [5.41, 5.74) is 1.65. The Morgan fingerprint density at radius 2 is 1.80 bits per heavy atom. The van der Waals surface area contributed by atoms with Gasteiger partial charge in [0.05, 0.1) is 5.69 Å². The van der Waals surface area contributed by atoms with Crippen LogP contribution in [-0.4, -0.2) is 10.2 Å². The second-order valence-electron chi connectivity index (χ2n) is 3.09. The third-order valence-corrected chi connectivity index (χ3v) is 1.95. The summed E-state index contributed by atoms with van der Waals surface area (Å²) in [5, 5.41) is 6.25. The molecule has 15 heavy (non-hydrogen) atoms. The first-order chi connectivity index (χ1) is 7.34. The number of benzene rings is 1. The molecule has 1 aromatic heterocycles. The number of hydrogen-bond acceptors (Lipinski definition) is 2. The van der Waals surface area contributed by atoms with E-state index in [1.54, 1.807) is 6.07 Å². The highest BCUT2D eigenvalue weighted by atomic mass is 16.1. The molecule has 2 rings (SSSR count). The van der Waals surface area contributed by atoms with Gasteiger partial charge >= 0.3 is 0 Å². The van der Waals surface area contributed by atoms with Crippen LogP contribution in [0.3, 0.4) is 0 Å². The number of nitrogens with zero attached hydrogens (tertiary/aromatic N) is 1. The number of hydrogen-bond donors (Lipinski definition) is 1. The molecule has 1 heterocycles. The van der Waals surface area contributed by atoms with E-state index in [4.69, 9.17) is 0 Å². The smallest absolute Gasteiger partial charge is 0.264 e. The third-order valence-electron chi connectivity index (χ3n) is 1.95. The summed E-state index contributed by atoms with van der Waals surface area (Å²) in [6.07, 6.45) is 3.80. The molecule has 0 aliphatic rings. The van der Waals surface area contributed by atoms with Gasteiger partial charge in [0, 0.05) is 6.07 Å². The van der Waals surface area contributed by atoms with Crippen molar-refractivity contribution in [2.45, 2.75) is 0 Å². The van der Waals surface area contributed by atoms with Crippen molar-refractivity contribution < 1.29 is 0 Å². The Labute approximate surface area is 87.1 Å². The average Bonchev–Trinajstić information content (AvgIpc) is 2.30. The normalized spacial score (nSPS) is 10.7. The lowest BCUT2D eigenvalue weighted by Gasteiger charge is -1.91. The molecule has 0 saturated heterocycles. The molecule has 74 valence electrons. The van der Waals surface area contributed by atoms with Crippen LogP contribution in [0.15, 0.2) is 47.3 Å². The van der Waals surface area contributed by atoms with E-state index < -0.39 is 0 Å². The second-order valence-corrected chi connectivity index (χ2v) is 3.09. The van der Waals surface area contributed by atoms with Gasteiger partial charge in [0.1, 0.15) is 0 Å². The van der Waals surface area contributed by atoms with E-state index in [1.807, 2.05) is 42.5 Å². The maximum atomic E-state index is 10.8. The van der Waals surface area contributed by atoms with Gasteiger partial charge in [-0.2, -0.15) is 5.10 Å². The van der Waals surface area contributed by atoms with E-state index in [9.17, 15) is 4.79 Å². The van der Waals surface area contributed by atoms with Crippen molar-refractivity contribution in [2.24, 2.45) is 0 Å². The SMILES string of the molecule is O=c1ccc(/C=C/c2ccccc2)n[nH]1. The van der Waals surface area contributed by atoms with Crippen molar-refractivity contribution in [3.8, 4) is 0 Å². The van der Waals surface area contributed by atoms with E-state index in [2.05, 4.69) is 10.2 Å². The summed E-state index contributed by atoms with van der Waals surface area (Å²) in [6.45, 7) is 0. The van der Waals surface area contributed by atoms with Crippen LogP contribution in [0.1, 0.15) is 11.3 Å². The van der Waals surface area contributed by atoms with Crippen molar-refractivity contribution in [3.05, 3.63) is 64.1 Å². The number of aromatic nitrogens is 2. The molecule has 0 saturated carbocycles. The zero-order valence-electron chi connectivity index (χ0n) is 8.05. The highest BCUT2D eigenvalue weighted by Gasteiger charge is 1.88. The topological polar surface area (TPSA) is 45.8 Å². The van der Waals surface area contributed by atoms with E-state index in [0.29, 0.717) is 0 Å². The Kier molecular flexibility index (Phi) is 2.74. The average molecular weight is 198 g/mol. The molecule has 0 amide bonds. The molecular weight excluding hydrogens is 188 g/mol. The largest absolute Gasteiger partial charge is 0.268 e. The van der Waals surface area contributed by atoms with Crippen molar-refractivity contribution in [3.63, 3.8) is 0 Å². The van der Waals surface area contributed by atoms with E-state index in [0.717, 1.165) is 11.3 Å². The molecule has 0 unspecified atom stereocenters. The van der Waals surface area contributed by atoms with Crippen LogP contribution in [0.5, 0.6) is 0 Å². The summed E-state index contributed by atoms with van der Waals surface area (Å²) >= 11 is 0. The lowest BCUT2D eigenvalue weighted by atomic mass is 10.2. The maximum Gasteiger partial charge on any atom is 0.264 e. The van der Waals surface area contributed by atoms with Gasteiger partial charge in [-0.25, -0.2) is 5.10 Å². The molecule has 0 spiro atoms. The monoisotopic (exact) mass is 198 g/mol. The molecule has 0 fully saturated rings. The van der Waals surface area contributed by atoms with Gasteiger partial charge in [-0.15, -0.1) is 0 Å².